The van der Waals surface area contributed by atoms with Gasteiger partial charge in [-0.2, -0.15) is 4.98 Å². The topological polar surface area (TPSA) is 51.0 Å². The molecule has 0 saturated heterocycles. The largest absolute Gasteiger partial charge is 0.284 e. The van der Waals surface area contributed by atoms with Gasteiger partial charge in [-0.25, -0.2) is 4.68 Å². The third kappa shape index (κ3) is 3.93. The predicted octanol–water partition coefficient (Wildman–Crippen LogP) is 3.42. The van der Waals surface area contributed by atoms with Crippen LogP contribution in [0.1, 0.15) is 39.0 Å². The molecule has 0 aliphatic carbocycles. The molecule has 0 saturated carbocycles. The van der Waals surface area contributed by atoms with Crippen LogP contribution in [0.25, 0.3) is 11.4 Å². The van der Waals surface area contributed by atoms with Crippen molar-refractivity contribution in [2.24, 2.45) is 7.05 Å². The Morgan fingerprint density at radius 3 is 2.59 bits per heavy atom. The molecular formula is C17H24N4O. The maximum Gasteiger partial charge on any atom is 0.230 e. The summed E-state index contributed by atoms with van der Waals surface area (Å²) in [6.45, 7) is 2.17. The SMILES string of the molecule is CCCCCCC(=O)N(C)c1nc(-c2ccccc2)nn1C. The lowest BCUT2D eigenvalue weighted by molar-refractivity contribution is -0.118. The van der Waals surface area contributed by atoms with Gasteiger partial charge in [-0.15, -0.1) is 5.10 Å². The van der Waals surface area contributed by atoms with Gasteiger partial charge in [0.05, 0.1) is 0 Å². The predicted molar refractivity (Wildman–Crippen MR) is 88.6 cm³/mol. The summed E-state index contributed by atoms with van der Waals surface area (Å²) in [7, 11) is 3.58. The quantitative estimate of drug-likeness (QED) is 0.736. The first-order valence-electron chi connectivity index (χ1n) is 7.86. The molecule has 1 heterocycles. The number of nitrogens with zero attached hydrogens (tertiary/aromatic N) is 4. The number of unbranched alkanes of at least 4 members (excludes halogenated alkanes) is 3. The van der Waals surface area contributed by atoms with Crippen molar-refractivity contribution in [3.63, 3.8) is 0 Å². The van der Waals surface area contributed by atoms with Crippen molar-refractivity contribution in [1.82, 2.24) is 14.8 Å². The minimum atomic E-state index is 0.0891. The molecule has 22 heavy (non-hydrogen) atoms. The average molecular weight is 300 g/mol. The zero-order chi connectivity index (χ0) is 15.9. The highest BCUT2D eigenvalue weighted by atomic mass is 16.2. The first-order chi connectivity index (χ1) is 10.6. The normalized spacial score (nSPS) is 10.7. The number of carbonyl (C=O) groups is 1. The second-order valence-electron chi connectivity index (χ2n) is 5.49. The number of aromatic nitrogens is 3. The van der Waals surface area contributed by atoms with Gasteiger partial charge in [0.1, 0.15) is 0 Å². The van der Waals surface area contributed by atoms with E-state index in [0.29, 0.717) is 18.2 Å². The second kappa shape index (κ2) is 7.73. The molecule has 2 aromatic rings. The van der Waals surface area contributed by atoms with Gasteiger partial charge in [0.2, 0.25) is 11.9 Å². The molecule has 0 spiro atoms. The molecule has 5 heteroatoms. The van der Waals surface area contributed by atoms with E-state index in [1.54, 1.807) is 16.6 Å². The minimum Gasteiger partial charge on any atom is -0.284 e. The van der Waals surface area contributed by atoms with Crippen molar-refractivity contribution >= 4 is 11.9 Å². The highest BCUT2D eigenvalue weighted by Gasteiger charge is 2.17. The van der Waals surface area contributed by atoms with E-state index in [0.717, 1.165) is 18.4 Å². The van der Waals surface area contributed by atoms with E-state index in [-0.39, 0.29) is 5.91 Å². The van der Waals surface area contributed by atoms with Gasteiger partial charge in [-0.3, -0.25) is 9.69 Å². The fourth-order valence-electron chi connectivity index (χ4n) is 2.36. The van der Waals surface area contributed by atoms with Crippen LogP contribution in [-0.4, -0.2) is 27.7 Å². The van der Waals surface area contributed by atoms with Crippen LogP contribution in [0.5, 0.6) is 0 Å². The fourth-order valence-corrected chi connectivity index (χ4v) is 2.36. The van der Waals surface area contributed by atoms with Crippen molar-refractivity contribution in [3.8, 4) is 11.4 Å². The molecule has 0 aliphatic heterocycles. The lowest BCUT2D eigenvalue weighted by atomic mass is 10.1. The Labute approximate surface area is 132 Å². The zero-order valence-electron chi connectivity index (χ0n) is 13.6. The van der Waals surface area contributed by atoms with Gasteiger partial charge >= 0.3 is 0 Å². The smallest absolute Gasteiger partial charge is 0.230 e. The van der Waals surface area contributed by atoms with Gasteiger partial charge in [0.25, 0.3) is 0 Å². The van der Waals surface area contributed by atoms with Crippen molar-refractivity contribution in [1.29, 1.82) is 0 Å². The Kier molecular flexibility index (Phi) is 5.69. The highest BCUT2D eigenvalue weighted by Crippen LogP contribution is 2.19. The molecule has 1 amide bonds. The molecule has 1 aromatic heterocycles. The van der Waals surface area contributed by atoms with Crippen molar-refractivity contribution in [2.75, 3.05) is 11.9 Å². The Bertz CT molecular complexity index is 606. The second-order valence-corrected chi connectivity index (χ2v) is 5.49. The average Bonchev–Trinajstić information content (AvgIpc) is 2.93. The fraction of sp³-hybridized carbons (Fsp3) is 0.471. The van der Waals surface area contributed by atoms with Crippen LogP contribution < -0.4 is 4.90 Å². The molecule has 0 radical (unpaired) electrons. The zero-order valence-corrected chi connectivity index (χ0v) is 13.6. The molecule has 0 N–H and O–H groups in total. The number of amides is 1. The monoisotopic (exact) mass is 300 g/mol. The summed E-state index contributed by atoms with van der Waals surface area (Å²) >= 11 is 0. The summed E-state index contributed by atoms with van der Waals surface area (Å²) < 4.78 is 1.66. The number of rotatable bonds is 7. The van der Waals surface area contributed by atoms with E-state index in [1.807, 2.05) is 37.4 Å². The number of aryl methyl sites for hydroxylation is 1. The van der Waals surface area contributed by atoms with Crippen molar-refractivity contribution in [3.05, 3.63) is 30.3 Å². The molecule has 0 unspecified atom stereocenters. The van der Waals surface area contributed by atoms with Gasteiger partial charge < -0.3 is 0 Å². The molecule has 5 nitrogen and oxygen atoms in total. The summed E-state index contributed by atoms with van der Waals surface area (Å²) in [4.78, 5) is 18.4. The molecule has 2 rings (SSSR count). The number of hydrogen-bond donors (Lipinski definition) is 0. The Morgan fingerprint density at radius 2 is 1.91 bits per heavy atom. The molecule has 0 atom stereocenters. The van der Waals surface area contributed by atoms with Crippen molar-refractivity contribution < 1.29 is 4.79 Å². The number of hydrogen-bond acceptors (Lipinski definition) is 3. The van der Waals surface area contributed by atoms with Crippen molar-refractivity contribution in [2.45, 2.75) is 39.0 Å². The third-order valence-corrected chi connectivity index (χ3v) is 3.69. The van der Waals surface area contributed by atoms with Crippen LogP contribution in [0.15, 0.2) is 30.3 Å². The van der Waals surface area contributed by atoms with Gasteiger partial charge in [0.15, 0.2) is 5.82 Å². The lowest BCUT2D eigenvalue weighted by Gasteiger charge is -2.15. The first kappa shape index (κ1) is 16.2. The van der Waals surface area contributed by atoms with E-state index in [4.69, 9.17) is 0 Å². The van der Waals surface area contributed by atoms with Crippen LogP contribution in [0, 0.1) is 0 Å². The van der Waals surface area contributed by atoms with Crippen LogP contribution in [0.3, 0.4) is 0 Å². The molecule has 118 valence electrons. The van der Waals surface area contributed by atoms with E-state index in [9.17, 15) is 4.79 Å². The summed E-state index contributed by atoms with van der Waals surface area (Å²) in [6, 6.07) is 9.79. The van der Waals surface area contributed by atoms with Gasteiger partial charge in [-0.1, -0.05) is 56.5 Å². The van der Waals surface area contributed by atoms with Gasteiger partial charge in [-0.05, 0) is 6.42 Å². The van der Waals surface area contributed by atoms with E-state index in [2.05, 4.69) is 17.0 Å². The third-order valence-electron chi connectivity index (χ3n) is 3.69. The molecular weight excluding hydrogens is 276 g/mol. The van der Waals surface area contributed by atoms with Crippen LogP contribution in [0.2, 0.25) is 0 Å². The summed E-state index contributed by atoms with van der Waals surface area (Å²) in [5, 5.41) is 4.41. The van der Waals surface area contributed by atoms with Crippen LogP contribution in [-0.2, 0) is 11.8 Å². The molecule has 1 aromatic carbocycles. The summed E-state index contributed by atoms with van der Waals surface area (Å²) in [6.07, 6.45) is 4.95. The van der Waals surface area contributed by atoms with E-state index >= 15 is 0 Å². The summed E-state index contributed by atoms with van der Waals surface area (Å²) in [5.41, 5.74) is 0.952. The lowest BCUT2D eigenvalue weighted by Crippen LogP contribution is -2.28. The first-order valence-corrected chi connectivity index (χ1v) is 7.86. The highest BCUT2D eigenvalue weighted by molar-refractivity contribution is 5.91. The number of benzene rings is 1. The maximum absolute atomic E-state index is 12.2. The number of carbonyl (C=O) groups excluding carboxylic acids is 1. The molecule has 0 bridgehead atoms. The number of anilines is 1. The molecule has 0 aliphatic rings. The minimum absolute atomic E-state index is 0.0891. The van der Waals surface area contributed by atoms with E-state index in [1.165, 1.54) is 12.8 Å². The molecule has 0 fully saturated rings. The Morgan fingerprint density at radius 1 is 1.18 bits per heavy atom. The van der Waals surface area contributed by atoms with Gasteiger partial charge in [0, 0.05) is 26.1 Å². The maximum atomic E-state index is 12.2. The van der Waals surface area contributed by atoms with E-state index < -0.39 is 0 Å². The van der Waals surface area contributed by atoms with Crippen LogP contribution >= 0.6 is 0 Å². The standard InChI is InChI=1S/C17H24N4O/c1-4-5-6-10-13-15(22)20(2)17-18-16(19-21(17)3)14-11-8-7-9-12-14/h7-9,11-12H,4-6,10,13H2,1-3H3. The summed E-state index contributed by atoms with van der Waals surface area (Å²) in [5.74, 6) is 1.31. The Balaban J connectivity index is 2.05. The van der Waals surface area contributed by atoms with Crippen LogP contribution in [0.4, 0.5) is 5.95 Å². The Hall–Kier alpha value is -2.17.